The normalized spacial score (nSPS) is 11.9. The number of hydrogen-bond donors (Lipinski definition) is 1. The molecule has 2 rings (SSSR count). The molecule has 0 spiro atoms. The zero-order valence-electron chi connectivity index (χ0n) is 10.4. The van der Waals surface area contributed by atoms with Crippen LogP contribution in [0.25, 0.3) is 10.9 Å². The average Bonchev–Trinajstić information content (AvgIpc) is 2.58. The summed E-state index contributed by atoms with van der Waals surface area (Å²) in [6, 6.07) is 7.22. The number of carboxylic acid groups (broad SMARTS) is 1. The van der Waals surface area contributed by atoms with Gasteiger partial charge in [-0.1, -0.05) is 20.8 Å². The van der Waals surface area contributed by atoms with E-state index in [4.69, 9.17) is 5.11 Å². The SMILES string of the molecule is CC(C)(C)Cn1ccc2cc(C(=O)O)ccc21. The highest BCUT2D eigenvalue weighted by Crippen LogP contribution is 2.23. The van der Waals surface area contributed by atoms with E-state index in [0.717, 1.165) is 17.4 Å². The highest BCUT2D eigenvalue weighted by atomic mass is 16.4. The maximum atomic E-state index is 10.9. The summed E-state index contributed by atoms with van der Waals surface area (Å²) in [7, 11) is 0. The number of aromatic carboxylic acids is 1. The van der Waals surface area contributed by atoms with E-state index in [1.807, 2.05) is 18.3 Å². The molecule has 3 nitrogen and oxygen atoms in total. The van der Waals surface area contributed by atoms with E-state index in [9.17, 15) is 4.79 Å². The van der Waals surface area contributed by atoms with Crippen molar-refractivity contribution in [3.05, 3.63) is 36.0 Å². The van der Waals surface area contributed by atoms with Crippen molar-refractivity contribution < 1.29 is 9.90 Å². The van der Waals surface area contributed by atoms with E-state index in [1.54, 1.807) is 12.1 Å². The monoisotopic (exact) mass is 231 g/mol. The summed E-state index contributed by atoms with van der Waals surface area (Å²) in [5.41, 5.74) is 1.63. The molecule has 3 heteroatoms. The van der Waals surface area contributed by atoms with Crippen LogP contribution in [0.4, 0.5) is 0 Å². The predicted octanol–water partition coefficient (Wildman–Crippen LogP) is 3.39. The van der Waals surface area contributed by atoms with Crippen LogP contribution >= 0.6 is 0 Å². The zero-order chi connectivity index (χ0) is 12.6. The molecule has 2 aromatic rings. The summed E-state index contributed by atoms with van der Waals surface area (Å²) in [5.74, 6) is -0.879. The summed E-state index contributed by atoms with van der Waals surface area (Å²) in [6.07, 6.45) is 2.02. The summed E-state index contributed by atoms with van der Waals surface area (Å²) in [6.45, 7) is 7.47. The molecular weight excluding hydrogens is 214 g/mol. The average molecular weight is 231 g/mol. The summed E-state index contributed by atoms with van der Waals surface area (Å²) in [5, 5.41) is 9.91. The van der Waals surface area contributed by atoms with Crippen molar-refractivity contribution in [1.29, 1.82) is 0 Å². The van der Waals surface area contributed by atoms with Crippen LogP contribution in [-0.2, 0) is 6.54 Å². The van der Waals surface area contributed by atoms with Crippen LogP contribution in [0.1, 0.15) is 31.1 Å². The molecule has 0 amide bonds. The topological polar surface area (TPSA) is 42.2 Å². The van der Waals surface area contributed by atoms with Gasteiger partial charge in [-0.25, -0.2) is 4.79 Å². The lowest BCUT2D eigenvalue weighted by molar-refractivity contribution is 0.0697. The van der Waals surface area contributed by atoms with E-state index in [2.05, 4.69) is 25.3 Å². The number of benzene rings is 1. The van der Waals surface area contributed by atoms with Gasteiger partial charge in [0.25, 0.3) is 0 Å². The van der Waals surface area contributed by atoms with Gasteiger partial charge >= 0.3 is 5.97 Å². The van der Waals surface area contributed by atoms with Crippen molar-refractivity contribution in [3.63, 3.8) is 0 Å². The second kappa shape index (κ2) is 3.91. The fourth-order valence-electron chi connectivity index (χ4n) is 1.98. The highest BCUT2D eigenvalue weighted by Gasteiger charge is 2.13. The van der Waals surface area contributed by atoms with Gasteiger partial charge in [0.1, 0.15) is 0 Å². The molecule has 0 aliphatic heterocycles. The van der Waals surface area contributed by atoms with Crippen molar-refractivity contribution >= 4 is 16.9 Å². The first-order chi connectivity index (χ1) is 7.87. The van der Waals surface area contributed by atoms with Crippen LogP contribution in [0.15, 0.2) is 30.5 Å². The molecule has 0 fully saturated rings. The summed E-state index contributed by atoms with van der Waals surface area (Å²) < 4.78 is 2.17. The molecule has 0 radical (unpaired) electrons. The van der Waals surface area contributed by atoms with Gasteiger partial charge in [-0.3, -0.25) is 0 Å². The number of carboxylic acids is 1. The van der Waals surface area contributed by atoms with Gasteiger partial charge in [-0.05, 0) is 29.7 Å². The van der Waals surface area contributed by atoms with Gasteiger partial charge in [0.15, 0.2) is 0 Å². The lowest BCUT2D eigenvalue weighted by Gasteiger charge is -2.19. The number of aromatic nitrogens is 1. The van der Waals surface area contributed by atoms with E-state index < -0.39 is 5.97 Å². The third-order valence-corrected chi connectivity index (χ3v) is 2.66. The molecule has 1 N–H and O–H groups in total. The van der Waals surface area contributed by atoms with Crippen LogP contribution < -0.4 is 0 Å². The van der Waals surface area contributed by atoms with Crippen LogP contribution in [0.2, 0.25) is 0 Å². The predicted molar refractivity (Wildman–Crippen MR) is 68.4 cm³/mol. The number of carbonyl (C=O) groups is 1. The first-order valence-corrected chi connectivity index (χ1v) is 5.69. The van der Waals surface area contributed by atoms with Gasteiger partial charge in [0.2, 0.25) is 0 Å². The van der Waals surface area contributed by atoms with Crippen molar-refractivity contribution in [3.8, 4) is 0 Å². The first kappa shape index (κ1) is 11.7. The molecule has 17 heavy (non-hydrogen) atoms. The lowest BCUT2D eigenvalue weighted by atomic mass is 9.97. The maximum Gasteiger partial charge on any atom is 0.335 e. The number of fused-ring (bicyclic) bond motifs is 1. The van der Waals surface area contributed by atoms with Crippen molar-refractivity contribution in [2.24, 2.45) is 5.41 Å². The molecule has 0 unspecified atom stereocenters. The smallest absolute Gasteiger partial charge is 0.335 e. The Morgan fingerprint density at radius 2 is 2.00 bits per heavy atom. The second-order valence-corrected chi connectivity index (χ2v) is 5.58. The largest absolute Gasteiger partial charge is 0.478 e. The minimum absolute atomic E-state index is 0.206. The summed E-state index contributed by atoms with van der Waals surface area (Å²) in [4.78, 5) is 10.9. The third-order valence-electron chi connectivity index (χ3n) is 2.66. The van der Waals surface area contributed by atoms with Crippen molar-refractivity contribution in [2.45, 2.75) is 27.3 Å². The van der Waals surface area contributed by atoms with E-state index in [0.29, 0.717) is 5.56 Å². The van der Waals surface area contributed by atoms with Gasteiger partial charge < -0.3 is 9.67 Å². The van der Waals surface area contributed by atoms with Crippen LogP contribution in [0, 0.1) is 5.41 Å². The minimum atomic E-state index is -0.879. The molecule has 0 saturated heterocycles. The summed E-state index contributed by atoms with van der Waals surface area (Å²) >= 11 is 0. The molecule has 1 heterocycles. The highest BCUT2D eigenvalue weighted by molar-refractivity contribution is 5.93. The molecule has 1 aromatic carbocycles. The number of nitrogens with zero attached hydrogens (tertiary/aromatic N) is 1. The van der Waals surface area contributed by atoms with Gasteiger partial charge in [-0.15, -0.1) is 0 Å². The zero-order valence-corrected chi connectivity index (χ0v) is 10.4. The molecule has 90 valence electrons. The van der Waals surface area contributed by atoms with Gasteiger partial charge in [0.05, 0.1) is 5.56 Å². The van der Waals surface area contributed by atoms with E-state index in [1.165, 1.54) is 0 Å². The van der Waals surface area contributed by atoms with Gasteiger partial charge in [0, 0.05) is 23.6 Å². The Morgan fingerprint density at radius 1 is 1.29 bits per heavy atom. The van der Waals surface area contributed by atoms with E-state index >= 15 is 0 Å². The molecular formula is C14H17NO2. The molecule has 0 aliphatic carbocycles. The molecule has 1 aromatic heterocycles. The Morgan fingerprint density at radius 3 is 2.59 bits per heavy atom. The Labute approximate surface area is 101 Å². The maximum absolute atomic E-state index is 10.9. The van der Waals surface area contributed by atoms with Gasteiger partial charge in [-0.2, -0.15) is 0 Å². The molecule has 0 atom stereocenters. The number of rotatable bonds is 2. The van der Waals surface area contributed by atoms with Crippen molar-refractivity contribution in [2.75, 3.05) is 0 Å². The standard InChI is InChI=1S/C14H17NO2/c1-14(2,3)9-15-7-6-10-8-11(13(16)17)4-5-12(10)15/h4-8H,9H2,1-3H3,(H,16,17). The third kappa shape index (κ3) is 2.49. The van der Waals surface area contributed by atoms with Crippen LogP contribution in [0.5, 0.6) is 0 Å². The molecule has 0 bridgehead atoms. The van der Waals surface area contributed by atoms with Crippen LogP contribution in [-0.4, -0.2) is 15.6 Å². The number of hydrogen-bond acceptors (Lipinski definition) is 1. The fraction of sp³-hybridized carbons (Fsp3) is 0.357. The second-order valence-electron chi connectivity index (χ2n) is 5.58. The molecule has 0 saturated carbocycles. The molecule has 0 aliphatic rings. The fourth-order valence-corrected chi connectivity index (χ4v) is 1.98. The van der Waals surface area contributed by atoms with E-state index in [-0.39, 0.29) is 5.41 Å². The first-order valence-electron chi connectivity index (χ1n) is 5.69. The quantitative estimate of drug-likeness (QED) is 0.860. The Kier molecular flexibility index (Phi) is 2.69. The Hall–Kier alpha value is -1.77. The van der Waals surface area contributed by atoms with Crippen molar-refractivity contribution in [1.82, 2.24) is 4.57 Å². The Bertz CT molecular complexity index is 561. The lowest BCUT2D eigenvalue weighted by Crippen LogP contribution is -2.14. The Balaban J connectivity index is 2.45. The minimum Gasteiger partial charge on any atom is -0.478 e. The van der Waals surface area contributed by atoms with Crippen LogP contribution in [0.3, 0.4) is 0 Å².